The number of aromatic nitrogens is 2. The molecule has 1 atom stereocenters. The van der Waals surface area contributed by atoms with Crippen molar-refractivity contribution >= 4 is 0 Å². The van der Waals surface area contributed by atoms with Gasteiger partial charge in [-0.1, -0.05) is 11.6 Å². The lowest BCUT2D eigenvalue weighted by molar-refractivity contribution is 0.223. The van der Waals surface area contributed by atoms with Crippen LogP contribution >= 0.6 is 0 Å². The van der Waals surface area contributed by atoms with Gasteiger partial charge in [0.15, 0.2) is 0 Å². The molecule has 1 aliphatic rings. The molecule has 1 N–H and O–H groups in total. The Morgan fingerprint density at radius 3 is 3.08 bits per heavy atom. The summed E-state index contributed by atoms with van der Waals surface area (Å²) in [5.74, 6) is 0. The van der Waals surface area contributed by atoms with Crippen LogP contribution in [0.3, 0.4) is 0 Å². The molecule has 0 radical (unpaired) electrons. The van der Waals surface area contributed by atoms with E-state index in [0.717, 1.165) is 25.0 Å². The van der Waals surface area contributed by atoms with Crippen LogP contribution in [0.1, 0.15) is 18.5 Å². The van der Waals surface area contributed by atoms with Crippen LogP contribution in [0.5, 0.6) is 0 Å². The Hall–Kier alpha value is -1.09. The lowest BCUT2D eigenvalue weighted by atomic mass is 10.1. The van der Waals surface area contributed by atoms with Gasteiger partial charge in [0.25, 0.3) is 0 Å². The lowest BCUT2D eigenvalue weighted by Gasteiger charge is -1.96. The number of allylic oxidation sites excluding steroid dienone is 1. The van der Waals surface area contributed by atoms with Gasteiger partial charge < -0.3 is 5.11 Å². The summed E-state index contributed by atoms with van der Waals surface area (Å²) < 4.78 is 1.81. The van der Waals surface area contributed by atoms with Gasteiger partial charge in [-0.25, -0.2) is 0 Å². The molecule has 0 saturated heterocycles. The highest BCUT2D eigenvalue weighted by Gasteiger charge is 2.13. The average molecular weight is 178 g/mol. The fourth-order valence-electron chi connectivity index (χ4n) is 1.71. The van der Waals surface area contributed by atoms with Gasteiger partial charge in [-0.05, 0) is 18.9 Å². The van der Waals surface area contributed by atoms with E-state index in [1.807, 2.05) is 25.4 Å². The Balaban J connectivity index is 2.02. The molecular weight excluding hydrogens is 164 g/mol. The maximum absolute atomic E-state index is 9.28. The lowest BCUT2D eigenvalue weighted by Crippen LogP contribution is -1.93. The van der Waals surface area contributed by atoms with Gasteiger partial charge in [-0.15, -0.1) is 0 Å². The smallest absolute Gasteiger partial charge is 0.0726 e. The van der Waals surface area contributed by atoms with E-state index in [2.05, 4.69) is 5.10 Å². The van der Waals surface area contributed by atoms with Crippen molar-refractivity contribution in [2.75, 3.05) is 0 Å². The van der Waals surface area contributed by atoms with E-state index in [-0.39, 0.29) is 6.10 Å². The molecule has 1 aromatic heterocycles. The molecule has 0 saturated carbocycles. The van der Waals surface area contributed by atoms with Gasteiger partial charge in [0.1, 0.15) is 0 Å². The number of hydrogen-bond donors (Lipinski definition) is 1. The Morgan fingerprint density at radius 2 is 2.54 bits per heavy atom. The maximum Gasteiger partial charge on any atom is 0.0726 e. The predicted molar refractivity (Wildman–Crippen MR) is 50.2 cm³/mol. The number of aryl methyl sites for hydroxylation is 1. The van der Waals surface area contributed by atoms with E-state index in [4.69, 9.17) is 0 Å². The summed E-state index contributed by atoms with van der Waals surface area (Å²) in [7, 11) is 1.92. The second-order valence-electron chi connectivity index (χ2n) is 3.59. The molecule has 1 unspecified atom stereocenters. The van der Waals surface area contributed by atoms with Crippen molar-refractivity contribution in [3.63, 3.8) is 0 Å². The van der Waals surface area contributed by atoms with Gasteiger partial charge in [0, 0.05) is 19.7 Å². The fraction of sp³-hybridized carbons (Fsp3) is 0.500. The number of nitrogens with zero attached hydrogens (tertiary/aromatic N) is 2. The Kier molecular flexibility index (Phi) is 2.19. The van der Waals surface area contributed by atoms with Crippen LogP contribution in [-0.4, -0.2) is 21.0 Å². The fourth-order valence-corrected chi connectivity index (χ4v) is 1.71. The summed E-state index contributed by atoms with van der Waals surface area (Å²) in [6.07, 6.45) is 6.45. The van der Waals surface area contributed by atoms with E-state index >= 15 is 0 Å². The van der Waals surface area contributed by atoms with Crippen LogP contribution < -0.4 is 0 Å². The normalized spacial score (nSPS) is 22.0. The molecule has 1 aliphatic carbocycles. The van der Waals surface area contributed by atoms with E-state index in [1.54, 1.807) is 4.68 Å². The van der Waals surface area contributed by atoms with E-state index in [9.17, 15) is 5.11 Å². The van der Waals surface area contributed by atoms with Gasteiger partial charge in [0.2, 0.25) is 0 Å². The molecule has 0 fully saturated rings. The standard InChI is InChI=1S/C10H14N2O/c1-12-5-4-9(11-12)6-8-2-3-10(13)7-8/h4-5,7,10,13H,2-3,6H2,1H3. The Morgan fingerprint density at radius 1 is 1.69 bits per heavy atom. The van der Waals surface area contributed by atoms with Crippen molar-refractivity contribution in [2.45, 2.75) is 25.4 Å². The minimum atomic E-state index is -0.223. The van der Waals surface area contributed by atoms with Gasteiger partial charge in [-0.2, -0.15) is 5.10 Å². The summed E-state index contributed by atoms with van der Waals surface area (Å²) in [5, 5.41) is 13.6. The average Bonchev–Trinajstić information content (AvgIpc) is 2.62. The van der Waals surface area contributed by atoms with Gasteiger partial charge >= 0.3 is 0 Å². The predicted octanol–water partition coefficient (Wildman–Crippen LogP) is 1.04. The quantitative estimate of drug-likeness (QED) is 0.687. The monoisotopic (exact) mass is 178 g/mol. The van der Waals surface area contributed by atoms with Crippen molar-refractivity contribution in [3.8, 4) is 0 Å². The third-order valence-corrected chi connectivity index (χ3v) is 2.37. The van der Waals surface area contributed by atoms with Crippen molar-refractivity contribution < 1.29 is 5.11 Å². The van der Waals surface area contributed by atoms with Crippen molar-refractivity contribution in [3.05, 3.63) is 29.6 Å². The third kappa shape index (κ3) is 1.98. The molecule has 0 amide bonds. The second-order valence-corrected chi connectivity index (χ2v) is 3.59. The maximum atomic E-state index is 9.28. The van der Waals surface area contributed by atoms with E-state index in [0.29, 0.717) is 0 Å². The number of aliphatic hydroxyl groups is 1. The SMILES string of the molecule is Cn1ccc(CC2=CC(O)CC2)n1. The minimum Gasteiger partial charge on any atom is -0.389 e. The molecule has 1 heterocycles. The summed E-state index contributed by atoms with van der Waals surface area (Å²) in [6, 6.07) is 2.02. The van der Waals surface area contributed by atoms with Crippen molar-refractivity contribution in [1.29, 1.82) is 0 Å². The molecule has 70 valence electrons. The molecule has 3 heteroatoms. The zero-order valence-electron chi connectivity index (χ0n) is 7.77. The second kappa shape index (κ2) is 3.34. The van der Waals surface area contributed by atoms with E-state index < -0.39 is 0 Å². The molecule has 1 aromatic rings. The van der Waals surface area contributed by atoms with Crippen LogP contribution in [0.4, 0.5) is 0 Å². The molecule has 2 rings (SSSR count). The topological polar surface area (TPSA) is 38.0 Å². The van der Waals surface area contributed by atoms with Crippen molar-refractivity contribution in [2.24, 2.45) is 7.05 Å². The largest absolute Gasteiger partial charge is 0.389 e. The van der Waals surface area contributed by atoms with Crippen molar-refractivity contribution in [1.82, 2.24) is 9.78 Å². The summed E-state index contributed by atoms with van der Waals surface area (Å²) >= 11 is 0. The third-order valence-electron chi connectivity index (χ3n) is 2.37. The summed E-state index contributed by atoms with van der Waals surface area (Å²) in [4.78, 5) is 0. The van der Waals surface area contributed by atoms with Gasteiger partial charge in [0.05, 0.1) is 11.8 Å². The molecule has 13 heavy (non-hydrogen) atoms. The van der Waals surface area contributed by atoms with Crippen LogP contribution in [0.15, 0.2) is 23.9 Å². The summed E-state index contributed by atoms with van der Waals surface area (Å²) in [5.41, 5.74) is 2.40. The first-order valence-corrected chi connectivity index (χ1v) is 4.60. The highest BCUT2D eigenvalue weighted by molar-refractivity contribution is 5.18. The molecule has 0 bridgehead atoms. The van der Waals surface area contributed by atoms with Crippen LogP contribution in [0.25, 0.3) is 0 Å². The zero-order chi connectivity index (χ0) is 9.26. The highest BCUT2D eigenvalue weighted by Crippen LogP contribution is 2.21. The summed E-state index contributed by atoms with van der Waals surface area (Å²) in [6.45, 7) is 0. The van der Waals surface area contributed by atoms with Gasteiger partial charge in [-0.3, -0.25) is 4.68 Å². The van der Waals surface area contributed by atoms with Crippen LogP contribution in [0, 0.1) is 0 Å². The first-order valence-electron chi connectivity index (χ1n) is 4.60. The molecule has 0 aromatic carbocycles. The molecule has 3 nitrogen and oxygen atoms in total. The molecule has 0 spiro atoms. The first-order chi connectivity index (χ1) is 6.24. The number of aliphatic hydroxyl groups excluding tert-OH is 1. The van der Waals surface area contributed by atoms with E-state index in [1.165, 1.54) is 5.57 Å². The molecular formula is C10H14N2O. The van der Waals surface area contributed by atoms with Crippen LogP contribution in [0.2, 0.25) is 0 Å². The zero-order valence-corrected chi connectivity index (χ0v) is 7.77. The highest BCUT2D eigenvalue weighted by atomic mass is 16.3. The first kappa shape index (κ1) is 8.51. The Bertz CT molecular complexity index is 327. The minimum absolute atomic E-state index is 0.223. The Labute approximate surface area is 77.7 Å². The van der Waals surface area contributed by atoms with Crippen LogP contribution in [-0.2, 0) is 13.5 Å². The molecule has 0 aliphatic heterocycles. The number of hydrogen-bond acceptors (Lipinski definition) is 2. The number of rotatable bonds is 2.